The maximum absolute atomic E-state index is 9.24. The van der Waals surface area contributed by atoms with Crippen molar-refractivity contribution in [2.45, 2.75) is 33.5 Å². The lowest BCUT2D eigenvalue weighted by Crippen LogP contribution is -2.10. The van der Waals surface area contributed by atoms with E-state index >= 15 is 0 Å². The van der Waals surface area contributed by atoms with Gasteiger partial charge in [-0.15, -0.1) is 0 Å². The van der Waals surface area contributed by atoms with E-state index in [-0.39, 0.29) is 6.61 Å². The molecule has 0 saturated heterocycles. The van der Waals surface area contributed by atoms with E-state index in [0.29, 0.717) is 13.1 Å². The third-order valence-electron chi connectivity index (χ3n) is 3.71. The summed E-state index contributed by atoms with van der Waals surface area (Å²) in [5.74, 6) is 1.69. The van der Waals surface area contributed by atoms with Gasteiger partial charge in [0.2, 0.25) is 0 Å². The number of rotatable bonds is 7. The molecule has 3 aromatic heterocycles. The Bertz CT molecular complexity index is 771. The number of nitrogens with one attached hydrogen (secondary N) is 1. The molecule has 0 aliphatic heterocycles. The summed E-state index contributed by atoms with van der Waals surface area (Å²) < 4.78 is 9.00. The first-order valence-corrected chi connectivity index (χ1v) is 7.69. The topological polar surface area (TPSA) is 81.0 Å². The van der Waals surface area contributed by atoms with Crippen LogP contribution in [0.2, 0.25) is 0 Å². The quantitative estimate of drug-likeness (QED) is 0.699. The Morgan fingerprint density at radius 3 is 2.91 bits per heavy atom. The van der Waals surface area contributed by atoms with E-state index in [9.17, 15) is 5.11 Å². The molecule has 7 nitrogen and oxygen atoms in total. The van der Waals surface area contributed by atoms with Crippen molar-refractivity contribution in [1.82, 2.24) is 19.6 Å². The van der Waals surface area contributed by atoms with Crippen LogP contribution in [0, 0.1) is 6.92 Å². The molecule has 0 saturated carbocycles. The molecule has 0 unspecified atom stereocenters. The Morgan fingerprint density at radius 2 is 2.26 bits per heavy atom. The second-order valence-electron chi connectivity index (χ2n) is 5.31. The molecule has 7 heteroatoms. The van der Waals surface area contributed by atoms with Crippen LogP contribution in [0.4, 0.5) is 5.82 Å². The fourth-order valence-electron chi connectivity index (χ4n) is 2.47. The number of aromatic nitrogens is 4. The van der Waals surface area contributed by atoms with Crippen LogP contribution in [-0.2, 0) is 19.6 Å². The summed E-state index contributed by atoms with van der Waals surface area (Å²) in [4.78, 5) is 0. The van der Waals surface area contributed by atoms with E-state index in [4.69, 9.17) is 4.42 Å². The Kier molecular flexibility index (Phi) is 4.47. The Hall–Kier alpha value is -2.54. The Balaban J connectivity index is 1.79. The summed E-state index contributed by atoms with van der Waals surface area (Å²) in [6.07, 6.45) is 5.52. The van der Waals surface area contributed by atoms with Gasteiger partial charge < -0.3 is 14.8 Å². The highest BCUT2D eigenvalue weighted by molar-refractivity contribution is 5.64. The van der Waals surface area contributed by atoms with Gasteiger partial charge in [0, 0.05) is 36.5 Å². The van der Waals surface area contributed by atoms with Crippen molar-refractivity contribution in [2.75, 3.05) is 11.9 Å². The van der Waals surface area contributed by atoms with E-state index in [1.54, 1.807) is 10.9 Å². The maximum Gasteiger partial charge on any atom is 0.125 e. The van der Waals surface area contributed by atoms with E-state index in [1.807, 2.05) is 36.1 Å². The van der Waals surface area contributed by atoms with Gasteiger partial charge in [-0.25, -0.2) is 4.68 Å². The zero-order valence-electron chi connectivity index (χ0n) is 13.4. The van der Waals surface area contributed by atoms with Crippen LogP contribution in [0.15, 0.2) is 35.2 Å². The molecule has 0 aliphatic rings. The average Bonchev–Trinajstić information content (AvgIpc) is 3.25. The number of hydrogen-bond acceptors (Lipinski definition) is 5. The number of anilines is 1. The van der Waals surface area contributed by atoms with Gasteiger partial charge in [-0.2, -0.15) is 10.2 Å². The number of furan rings is 1. The zero-order chi connectivity index (χ0) is 16.2. The molecule has 2 N–H and O–H groups in total. The number of nitrogens with zero attached hydrogens (tertiary/aromatic N) is 4. The standard InChI is InChI=1S/C16H21N5O2/c1-3-20-11-13(10-18-20)9-17-16-8-15(19-21(16)5-6-22)14-4-7-23-12(14)2/h4,7-8,10-11,17,22H,3,5-6,9H2,1-2H3. The lowest BCUT2D eigenvalue weighted by Gasteiger charge is -2.07. The van der Waals surface area contributed by atoms with Gasteiger partial charge in [0.25, 0.3) is 0 Å². The van der Waals surface area contributed by atoms with E-state index in [0.717, 1.165) is 34.9 Å². The second kappa shape index (κ2) is 6.70. The van der Waals surface area contributed by atoms with Gasteiger partial charge in [0.05, 0.1) is 31.3 Å². The normalized spacial score (nSPS) is 11.1. The van der Waals surface area contributed by atoms with Crippen LogP contribution >= 0.6 is 0 Å². The van der Waals surface area contributed by atoms with Gasteiger partial charge in [-0.1, -0.05) is 0 Å². The Morgan fingerprint density at radius 1 is 1.39 bits per heavy atom. The largest absolute Gasteiger partial charge is 0.469 e. The van der Waals surface area contributed by atoms with Crippen LogP contribution in [0.25, 0.3) is 11.3 Å². The molecule has 0 spiro atoms. The molecule has 122 valence electrons. The first-order chi connectivity index (χ1) is 11.2. The Labute approximate surface area is 134 Å². The van der Waals surface area contributed by atoms with Gasteiger partial charge >= 0.3 is 0 Å². The molecule has 0 aliphatic carbocycles. The van der Waals surface area contributed by atoms with Crippen molar-refractivity contribution in [1.29, 1.82) is 0 Å². The van der Waals surface area contributed by atoms with Crippen LogP contribution in [-0.4, -0.2) is 31.3 Å². The molecule has 3 heterocycles. The maximum atomic E-state index is 9.24. The molecule has 0 radical (unpaired) electrons. The minimum absolute atomic E-state index is 0.0357. The average molecular weight is 315 g/mol. The fourth-order valence-corrected chi connectivity index (χ4v) is 2.47. The number of aliphatic hydroxyl groups is 1. The van der Waals surface area contributed by atoms with E-state index < -0.39 is 0 Å². The minimum atomic E-state index is 0.0357. The second-order valence-corrected chi connectivity index (χ2v) is 5.31. The van der Waals surface area contributed by atoms with Crippen molar-refractivity contribution >= 4 is 5.82 Å². The van der Waals surface area contributed by atoms with Crippen LogP contribution < -0.4 is 5.32 Å². The third kappa shape index (κ3) is 3.29. The highest BCUT2D eigenvalue weighted by Crippen LogP contribution is 2.26. The summed E-state index contributed by atoms with van der Waals surface area (Å²) in [6, 6.07) is 3.87. The van der Waals surface area contributed by atoms with Crippen LogP contribution in [0.3, 0.4) is 0 Å². The number of aryl methyl sites for hydroxylation is 2. The zero-order valence-corrected chi connectivity index (χ0v) is 13.4. The molecule has 0 bridgehead atoms. The summed E-state index contributed by atoms with van der Waals surface area (Å²) in [6.45, 7) is 5.95. The molecule has 0 aromatic carbocycles. The van der Waals surface area contributed by atoms with Crippen molar-refractivity contribution in [3.8, 4) is 11.3 Å². The third-order valence-corrected chi connectivity index (χ3v) is 3.71. The van der Waals surface area contributed by atoms with Crippen molar-refractivity contribution in [3.63, 3.8) is 0 Å². The molecule has 3 aromatic rings. The van der Waals surface area contributed by atoms with Gasteiger partial charge in [-0.05, 0) is 19.9 Å². The minimum Gasteiger partial charge on any atom is -0.469 e. The first-order valence-electron chi connectivity index (χ1n) is 7.69. The van der Waals surface area contributed by atoms with Crippen LogP contribution in [0.1, 0.15) is 18.2 Å². The van der Waals surface area contributed by atoms with Crippen molar-refractivity contribution in [3.05, 3.63) is 42.1 Å². The number of aliphatic hydroxyl groups excluding tert-OH is 1. The predicted molar refractivity (Wildman–Crippen MR) is 87.0 cm³/mol. The van der Waals surface area contributed by atoms with E-state index in [2.05, 4.69) is 22.4 Å². The lowest BCUT2D eigenvalue weighted by molar-refractivity contribution is 0.270. The molecule has 23 heavy (non-hydrogen) atoms. The highest BCUT2D eigenvalue weighted by atomic mass is 16.3. The van der Waals surface area contributed by atoms with Gasteiger partial charge in [-0.3, -0.25) is 4.68 Å². The first kappa shape index (κ1) is 15.4. The molecule has 0 atom stereocenters. The SMILES string of the molecule is CCn1cc(CNc2cc(-c3ccoc3C)nn2CCO)cn1. The van der Waals surface area contributed by atoms with Crippen LogP contribution in [0.5, 0.6) is 0 Å². The molecule has 0 fully saturated rings. The summed E-state index contributed by atoms with van der Waals surface area (Å²) >= 11 is 0. The smallest absolute Gasteiger partial charge is 0.125 e. The summed E-state index contributed by atoms with van der Waals surface area (Å²) in [5, 5.41) is 21.4. The van der Waals surface area contributed by atoms with Crippen molar-refractivity contribution < 1.29 is 9.52 Å². The summed E-state index contributed by atoms with van der Waals surface area (Å²) in [7, 11) is 0. The van der Waals surface area contributed by atoms with Gasteiger partial charge in [0.1, 0.15) is 11.6 Å². The molecule has 0 amide bonds. The molecule has 3 rings (SSSR count). The van der Waals surface area contributed by atoms with E-state index in [1.165, 1.54) is 0 Å². The summed E-state index contributed by atoms with van der Waals surface area (Å²) in [5.41, 5.74) is 2.89. The molecular formula is C16H21N5O2. The predicted octanol–water partition coefficient (Wildman–Crippen LogP) is 2.27. The van der Waals surface area contributed by atoms with Gasteiger partial charge in [0.15, 0.2) is 0 Å². The van der Waals surface area contributed by atoms with Crippen molar-refractivity contribution in [2.24, 2.45) is 0 Å². The fraction of sp³-hybridized carbons (Fsp3) is 0.375. The number of hydrogen-bond donors (Lipinski definition) is 2. The lowest BCUT2D eigenvalue weighted by atomic mass is 10.2. The monoisotopic (exact) mass is 315 g/mol. The molecular weight excluding hydrogens is 294 g/mol. The highest BCUT2D eigenvalue weighted by Gasteiger charge is 2.13.